The van der Waals surface area contributed by atoms with E-state index >= 15 is 0 Å². The van der Waals surface area contributed by atoms with E-state index in [9.17, 15) is 0 Å². The highest BCUT2D eigenvalue weighted by Crippen LogP contribution is 2.52. The van der Waals surface area contributed by atoms with Crippen molar-refractivity contribution < 1.29 is 0 Å². The first kappa shape index (κ1) is 11.1. The lowest BCUT2D eigenvalue weighted by molar-refractivity contribution is 0.489. The van der Waals surface area contributed by atoms with Crippen LogP contribution in [0.25, 0.3) is 5.57 Å². The van der Waals surface area contributed by atoms with E-state index in [2.05, 4.69) is 45.9 Å². The van der Waals surface area contributed by atoms with Crippen molar-refractivity contribution in [3.8, 4) is 0 Å². The molecule has 0 aliphatic heterocycles. The molecular weight excluding hydrogens is 204 g/mol. The van der Waals surface area contributed by atoms with E-state index in [0.717, 1.165) is 5.92 Å². The molecule has 0 aromatic heterocycles. The summed E-state index contributed by atoms with van der Waals surface area (Å²) >= 11 is 0. The van der Waals surface area contributed by atoms with Crippen molar-refractivity contribution in [3.05, 3.63) is 40.5 Å². The van der Waals surface area contributed by atoms with Gasteiger partial charge in [-0.2, -0.15) is 0 Å². The molecule has 0 amide bonds. The molecule has 3 rings (SSSR count). The normalized spacial score (nSPS) is 25.8. The lowest BCUT2D eigenvalue weighted by Crippen LogP contribution is -2.19. The second-order valence-corrected chi connectivity index (χ2v) is 6.48. The largest absolute Gasteiger partial charge is 0.0622 e. The molecule has 0 saturated heterocycles. The molecule has 1 aromatic carbocycles. The van der Waals surface area contributed by atoms with Crippen molar-refractivity contribution in [1.82, 2.24) is 0 Å². The maximum Gasteiger partial charge on any atom is 0.0117 e. The number of aryl methyl sites for hydroxylation is 1. The van der Waals surface area contributed by atoms with Crippen LogP contribution in [0.15, 0.2) is 23.8 Å². The molecular formula is C17H22. The van der Waals surface area contributed by atoms with Crippen molar-refractivity contribution in [2.24, 2.45) is 5.92 Å². The molecule has 0 bridgehead atoms. The van der Waals surface area contributed by atoms with Gasteiger partial charge in [0.15, 0.2) is 0 Å². The average Bonchev–Trinajstić information content (AvgIpc) is 2.47. The quantitative estimate of drug-likeness (QED) is 0.592. The number of allylic oxidation sites excluding steroid dienone is 2. The Kier molecular flexibility index (Phi) is 2.26. The van der Waals surface area contributed by atoms with Crippen LogP contribution in [0.3, 0.4) is 0 Å². The summed E-state index contributed by atoms with van der Waals surface area (Å²) in [6, 6.07) is 7.02. The van der Waals surface area contributed by atoms with Gasteiger partial charge in [-0.05, 0) is 48.8 Å². The zero-order chi connectivity index (χ0) is 12.2. The van der Waals surface area contributed by atoms with E-state index in [1.807, 2.05) is 0 Å². The summed E-state index contributed by atoms with van der Waals surface area (Å²) in [5, 5.41) is 0. The Morgan fingerprint density at radius 2 is 2.00 bits per heavy atom. The highest BCUT2D eigenvalue weighted by atomic mass is 14.4. The molecule has 0 nitrogen and oxygen atoms in total. The smallest absolute Gasteiger partial charge is 0.0117 e. The van der Waals surface area contributed by atoms with E-state index in [1.165, 1.54) is 24.8 Å². The molecule has 0 saturated carbocycles. The van der Waals surface area contributed by atoms with Gasteiger partial charge in [0.2, 0.25) is 0 Å². The Morgan fingerprint density at radius 1 is 1.24 bits per heavy atom. The van der Waals surface area contributed by atoms with Crippen LogP contribution in [0.2, 0.25) is 0 Å². The molecule has 1 aromatic rings. The van der Waals surface area contributed by atoms with Crippen molar-refractivity contribution in [2.45, 2.75) is 52.4 Å². The minimum Gasteiger partial charge on any atom is -0.0622 e. The molecule has 0 N–H and O–H groups in total. The van der Waals surface area contributed by atoms with E-state index in [4.69, 9.17) is 0 Å². The molecule has 1 unspecified atom stereocenters. The minimum atomic E-state index is 0.276. The maximum atomic E-state index is 2.40. The van der Waals surface area contributed by atoms with E-state index in [0.29, 0.717) is 0 Å². The molecule has 1 atom stereocenters. The van der Waals surface area contributed by atoms with Crippen molar-refractivity contribution in [3.63, 3.8) is 0 Å². The van der Waals surface area contributed by atoms with Gasteiger partial charge in [0.05, 0.1) is 0 Å². The zero-order valence-electron chi connectivity index (χ0n) is 11.4. The van der Waals surface area contributed by atoms with Crippen LogP contribution in [0, 0.1) is 12.8 Å². The number of benzene rings is 1. The fraction of sp³-hybridized carbons (Fsp3) is 0.529. The summed E-state index contributed by atoms with van der Waals surface area (Å²) in [5.74, 6) is 0.857. The summed E-state index contributed by atoms with van der Waals surface area (Å²) in [4.78, 5) is 0. The van der Waals surface area contributed by atoms with Crippen molar-refractivity contribution in [2.75, 3.05) is 0 Å². The van der Waals surface area contributed by atoms with Crippen molar-refractivity contribution >= 4 is 5.57 Å². The molecule has 90 valence electrons. The lowest BCUT2D eigenvalue weighted by atomic mass is 9.76. The van der Waals surface area contributed by atoms with Gasteiger partial charge in [0, 0.05) is 5.41 Å². The summed E-state index contributed by atoms with van der Waals surface area (Å²) < 4.78 is 0. The van der Waals surface area contributed by atoms with Crippen LogP contribution in [0.5, 0.6) is 0 Å². The fourth-order valence-corrected chi connectivity index (χ4v) is 3.69. The Balaban J connectivity index is 2.21. The Labute approximate surface area is 105 Å². The lowest BCUT2D eigenvalue weighted by Gasteiger charge is -2.28. The summed E-state index contributed by atoms with van der Waals surface area (Å²) in [5.41, 5.74) is 8.17. The fourth-order valence-electron chi connectivity index (χ4n) is 3.69. The van der Waals surface area contributed by atoms with Gasteiger partial charge in [-0.25, -0.2) is 0 Å². The number of hydrogen-bond donors (Lipinski definition) is 0. The molecule has 0 radical (unpaired) electrons. The van der Waals surface area contributed by atoms with Gasteiger partial charge in [0.1, 0.15) is 0 Å². The van der Waals surface area contributed by atoms with Gasteiger partial charge < -0.3 is 0 Å². The Bertz CT molecular complexity index is 503. The van der Waals surface area contributed by atoms with E-state index in [1.54, 1.807) is 22.3 Å². The monoisotopic (exact) mass is 226 g/mol. The van der Waals surface area contributed by atoms with E-state index in [-0.39, 0.29) is 5.41 Å². The van der Waals surface area contributed by atoms with Gasteiger partial charge in [-0.1, -0.05) is 50.1 Å². The van der Waals surface area contributed by atoms with Crippen LogP contribution in [-0.2, 0) is 5.41 Å². The molecule has 0 heteroatoms. The number of rotatable bonds is 0. The SMILES string of the molecule is Cc1ccc2c(c1)C1=C(CCC(C)C1)C2(C)C. The second-order valence-electron chi connectivity index (χ2n) is 6.48. The zero-order valence-corrected chi connectivity index (χ0v) is 11.4. The van der Waals surface area contributed by atoms with Crippen molar-refractivity contribution in [1.29, 1.82) is 0 Å². The Hall–Kier alpha value is -1.04. The molecule has 0 fully saturated rings. The first-order chi connectivity index (χ1) is 8.00. The van der Waals surface area contributed by atoms with Crippen LogP contribution in [0.1, 0.15) is 56.7 Å². The predicted molar refractivity (Wildman–Crippen MR) is 74.1 cm³/mol. The highest BCUT2D eigenvalue weighted by molar-refractivity contribution is 5.81. The van der Waals surface area contributed by atoms with Gasteiger partial charge in [-0.3, -0.25) is 0 Å². The molecule has 0 spiro atoms. The second kappa shape index (κ2) is 3.48. The molecule has 2 aliphatic rings. The summed E-state index contributed by atoms with van der Waals surface area (Å²) in [6.45, 7) is 9.40. The summed E-state index contributed by atoms with van der Waals surface area (Å²) in [7, 11) is 0. The molecule has 17 heavy (non-hydrogen) atoms. The molecule has 0 heterocycles. The Morgan fingerprint density at radius 3 is 2.76 bits per heavy atom. The van der Waals surface area contributed by atoms with Crippen LogP contribution in [-0.4, -0.2) is 0 Å². The maximum absolute atomic E-state index is 2.40. The topological polar surface area (TPSA) is 0 Å². The standard InChI is InChI=1S/C17H22/c1-11-5-7-15-13(9-11)14-10-12(2)6-8-16(14)17(15,3)4/h5,7,9,12H,6,8,10H2,1-4H3. The number of hydrogen-bond acceptors (Lipinski definition) is 0. The molecule has 2 aliphatic carbocycles. The first-order valence-corrected chi connectivity index (χ1v) is 6.84. The van der Waals surface area contributed by atoms with Crippen LogP contribution in [0.4, 0.5) is 0 Å². The highest BCUT2D eigenvalue weighted by Gasteiger charge is 2.39. The predicted octanol–water partition coefficient (Wildman–Crippen LogP) is 4.86. The third-order valence-corrected chi connectivity index (χ3v) is 4.73. The minimum absolute atomic E-state index is 0.276. The van der Waals surface area contributed by atoms with Crippen LogP contribution >= 0.6 is 0 Å². The first-order valence-electron chi connectivity index (χ1n) is 6.84. The summed E-state index contributed by atoms with van der Waals surface area (Å²) in [6.07, 6.45) is 3.96. The third kappa shape index (κ3) is 1.50. The third-order valence-electron chi connectivity index (χ3n) is 4.73. The average molecular weight is 226 g/mol. The van der Waals surface area contributed by atoms with Gasteiger partial charge >= 0.3 is 0 Å². The van der Waals surface area contributed by atoms with Crippen LogP contribution < -0.4 is 0 Å². The number of fused-ring (bicyclic) bond motifs is 2. The van der Waals surface area contributed by atoms with Gasteiger partial charge in [0.25, 0.3) is 0 Å². The van der Waals surface area contributed by atoms with E-state index < -0.39 is 0 Å². The van der Waals surface area contributed by atoms with Gasteiger partial charge in [-0.15, -0.1) is 0 Å².